The third kappa shape index (κ3) is 4.40. The highest BCUT2D eigenvalue weighted by Gasteiger charge is 2.24. The number of fused-ring (bicyclic) bond motifs is 1. The van der Waals surface area contributed by atoms with Gasteiger partial charge in [-0.25, -0.2) is 18.4 Å². The van der Waals surface area contributed by atoms with E-state index < -0.39 is 9.84 Å². The molecule has 2 heterocycles. The Hall–Kier alpha value is -2.98. The van der Waals surface area contributed by atoms with Gasteiger partial charge in [-0.2, -0.15) is 0 Å². The van der Waals surface area contributed by atoms with Crippen LogP contribution >= 0.6 is 0 Å². The number of aromatic nitrogens is 3. The number of nitrogens with one attached hydrogen (secondary N) is 2. The van der Waals surface area contributed by atoms with Crippen molar-refractivity contribution in [2.24, 2.45) is 7.05 Å². The molecule has 1 unspecified atom stereocenters. The molecule has 3 aromatic rings. The van der Waals surface area contributed by atoms with Gasteiger partial charge in [0.1, 0.15) is 11.2 Å². The zero-order valence-corrected chi connectivity index (χ0v) is 18.4. The third-order valence-electron chi connectivity index (χ3n) is 5.17. The standard InChI is InChI=1S/C21H25N5O4S/c1-12(10-27)23-15-7-4-13(8-18(15)31(3,29)30)16-9-17-19(21(28)26(2)11-22-17)20(25-16)24-14-5-6-14/h4,7-9,11-12,14,23,27H,5-6,10H2,1-3H3,(H,24,25). The predicted octanol–water partition coefficient (Wildman–Crippen LogP) is 1.77. The maximum absolute atomic E-state index is 12.7. The fourth-order valence-electron chi connectivity index (χ4n) is 3.31. The van der Waals surface area contributed by atoms with Crippen molar-refractivity contribution in [1.82, 2.24) is 14.5 Å². The molecule has 9 nitrogen and oxygen atoms in total. The van der Waals surface area contributed by atoms with Gasteiger partial charge in [0.25, 0.3) is 5.56 Å². The van der Waals surface area contributed by atoms with Gasteiger partial charge in [0, 0.05) is 31.0 Å². The molecular formula is C21H25N5O4S. The quantitative estimate of drug-likeness (QED) is 0.504. The molecule has 0 amide bonds. The maximum Gasteiger partial charge on any atom is 0.264 e. The number of rotatable bonds is 7. The lowest BCUT2D eigenvalue weighted by molar-refractivity contribution is 0.281. The van der Waals surface area contributed by atoms with Gasteiger partial charge < -0.3 is 20.3 Å². The van der Waals surface area contributed by atoms with Gasteiger partial charge in [-0.15, -0.1) is 0 Å². The number of sulfone groups is 1. The summed E-state index contributed by atoms with van der Waals surface area (Å²) in [6.07, 6.45) is 4.62. The van der Waals surface area contributed by atoms with Crippen LogP contribution in [0.2, 0.25) is 0 Å². The molecule has 1 atom stereocenters. The van der Waals surface area contributed by atoms with Crippen LogP contribution in [0.5, 0.6) is 0 Å². The Morgan fingerprint density at radius 1 is 1.29 bits per heavy atom. The van der Waals surface area contributed by atoms with Crippen molar-refractivity contribution in [3.63, 3.8) is 0 Å². The number of aliphatic hydroxyl groups excluding tert-OH is 1. The largest absolute Gasteiger partial charge is 0.394 e. The van der Waals surface area contributed by atoms with Gasteiger partial charge in [-0.1, -0.05) is 6.07 Å². The summed E-state index contributed by atoms with van der Waals surface area (Å²) in [7, 11) is -1.91. The fourth-order valence-corrected chi connectivity index (χ4v) is 4.18. The van der Waals surface area contributed by atoms with E-state index in [1.165, 1.54) is 10.9 Å². The number of pyridine rings is 1. The highest BCUT2D eigenvalue weighted by atomic mass is 32.2. The maximum atomic E-state index is 12.7. The number of aliphatic hydroxyl groups is 1. The van der Waals surface area contributed by atoms with E-state index in [0.717, 1.165) is 19.1 Å². The Labute approximate surface area is 180 Å². The molecule has 0 radical (unpaired) electrons. The molecule has 1 fully saturated rings. The first-order chi connectivity index (χ1) is 14.7. The Bertz CT molecular complexity index is 1320. The molecule has 4 rings (SSSR count). The Kier molecular flexibility index (Phi) is 5.44. The van der Waals surface area contributed by atoms with Crippen LogP contribution in [-0.4, -0.2) is 53.0 Å². The molecule has 0 saturated heterocycles. The van der Waals surface area contributed by atoms with Crippen LogP contribution in [0.25, 0.3) is 22.2 Å². The van der Waals surface area contributed by atoms with Crippen molar-refractivity contribution in [3.05, 3.63) is 40.9 Å². The minimum atomic E-state index is -3.55. The highest BCUT2D eigenvalue weighted by Crippen LogP contribution is 2.32. The number of hydrogen-bond donors (Lipinski definition) is 3. The minimum Gasteiger partial charge on any atom is -0.394 e. The molecule has 0 spiro atoms. The van der Waals surface area contributed by atoms with Crippen molar-refractivity contribution < 1.29 is 13.5 Å². The van der Waals surface area contributed by atoms with Crippen molar-refractivity contribution in [1.29, 1.82) is 0 Å². The lowest BCUT2D eigenvalue weighted by Crippen LogP contribution is -2.21. The predicted molar refractivity (Wildman–Crippen MR) is 120 cm³/mol. The zero-order chi connectivity index (χ0) is 22.3. The Morgan fingerprint density at radius 3 is 2.68 bits per heavy atom. The van der Waals surface area contributed by atoms with E-state index in [9.17, 15) is 18.3 Å². The monoisotopic (exact) mass is 443 g/mol. The molecule has 3 N–H and O–H groups in total. The zero-order valence-electron chi connectivity index (χ0n) is 17.6. The van der Waals surface area contributed by atoms with Gasteiger partial charge in [0.05, 0.1) is 34.7 Å². The number of anilines is 2. The molecule has 1 aromatic carbocycles. The summed E-state index contributed by atoms with van der Waals surface area (Å²) >= 11 is 0. The molecule has 0 bridgehead atoms. The normalized spacial score (nSPS) is 15.1. The second-order valence-corrected chi connectivity index (χ2v) is 10.0. The van der Waals surface area contributed by atoms with Crippen LogP contribution < -0.4 is 16.2 Å². The second kappa shape index (κ2) is 7.93. The molecule has 1 aliphatic carbocycles. The van der Waals surface area contributed by atoms with Crippen molar-refractivity contribution in [2.45, 2.75) is 36.7 Å². The minimum absolute atomic E-state index is 0.112. The molecule has 2 aromatic heterocycles. The van der Waals surface area contributed by atoms with Gasteiger partial charge in [-0.3, -0.25) is 4.79 Å². The first-order valence-electron chi connectivity index (χ1n) is 10.0. The first-order valence-corrected chi connectivity index (χ1v) is 11.9. The SMILES string of the molecule is CC(CO)Nc1ccc(-c2cc3ncn(C)c(=O)c3c(NC3CC3)n2)cc1S(C)(=O)=O. The summed E-state index contributed by atoms with van der Waals surface area (Å²) in [5, 5.41) is 16.0. The van der Waals surface area contributed by atoms with E-state index in [1.54, 1.807) is 38.2 Å². The topological polar surface area (TPSA) is 126 Å². The highest BCUT2D eigenvalue weighted by molar-refractivity contribution is 7.90. The fraction of sp³-hybridized carbons (Fsp3) is 0.381. The molecule has 31 heavy (non-hydrogen) atoms. The lowest BCUT2D eigenvalue weighted by atomic mass is 10.1. The van der Waals surface area contributed by atoms with Crippen LogP contribution in [0.3, 0.4) is 0 Å². The summed E-state index contributed by atoms with van der Waals surface area (Å²) in [5.41, 5.74) is 1.82. The number of nitrogens with zero attached hydrogens (tertiary/aromatic N) is 3. The van der Waals surface area contributed by atoms with Crippen molar-refractivity contribution >= 4 is 32.2 Å². The van der Waals surface area contributed by atoms with E-state index >= 15 is 0 Å². The summed E-state index contributed by atoms with van der Waals surface area (Å²) in [4.78, 5) is 21.9. The first kappa shape index (κ1) is 21.3. The summed E-state index contributed by atoms with van der Waals surface area (Å²) in [6, 6.07) is 6.64. The van der Waals surface area contributed by atoms with Gasteiger partial charge in [0.15, 0.2) is 9.84 Å². The number of aryl methyl sites for hydroxylation is 1. The van der Waals surface area contributed by atoms with Crippen LogP contribution in [0.15, 0.2) is 40.3 Å². The molecule has 0 aliphatic heterocycles. The molecule has 10 heteroatoms. The number of benzene rings is 1. The Balaban J connectivity index is 1.88. The molecule has 1 aliphatic rings. The van der Waals surface area contributed by atoms with E-state index in [4.69, 9.17) is 0 Å². The van der Waals surface area contributed by atoms with Crippen molar-refractivity contribution in [2.75, 3.05) is 23.5 Å². The number of hydrogen-bond acceptors (Lipinski definition) is 8. The summed E-state index contributed by atoms with van der Waals surface area (Å²) < 4.78 is 26.3. The van der Waals surface area contributed by atoms with Gasteiger partial charge in [0.2, 0.25) is 0 Å². The average Bonchev–Trinajstić information content (AvgIpc) is 3.54. The van der Waals surface area contributed by atoms with Crippen LogP contribution in [-0.2, 0) is 16.9 Å². The van der Waals surface area contributed by atoms with E-state index in [2.05, 4.69) is 20.6 Å². The van der Waals surface area contributed by atoms with Crippen molar-refractivity contribution in [3.8, 4) is 11.3 Å². The lowest BCUT2D eigenvalue weighted by Gasteiger charge is -2.17. The second-order valence-electron chi connectivity index (χ2n) is 8.04. The summed E-state index contributed by atoms with van der Waals surface area (Å²) in [5.74, 6) is 0.459. The molecular weight excluding hydrogens is 418 g/mol. The third-order valence-corrected chi connectivity index (χ3v) is 6.31. The van der Waals surface area contributed by atoms with Gasteiger partial charge in [-0.05, 0) is 38.0 Å². The van der Waals surface area contributed by atoms with E-state index in [-0.39, 0.29) is 29.1 Å². The summed E-state index contributed by atoms with van der Waals surface area (Å²) in [6.45, 7) is 1.63. The molecule has 1 saturated carbocycles. The van der Waals surface area contributed by atoms with Crippen LogP contribution in [0.4, 0.5) is 11.5 Å². The van der Waals surface area contributed by atoms with E-state index in [1.807, 2.05) is 0 Å². The smallest absolute Gasteiger partial charge is 0.264 e. The molecule has 164 valence electrons. The van der Waals surface area contributed by atoms with Crippen LogP contribution in [0.1, 0.15) is 19.8 Å². The van der Waals surface area contributed by atoms with Gasteiger partial charge >= 0.3 is 0 Å². The van der Waals surface area contributed by atoms with E-state index in [0.29, 0.717) is 33.7 Å². The average molecular weight is 444 g/mol. The van der Waals surface area contributed by atoms with Crippen LogP contribution in [0, 0.1) is 0 Å². The Morgan fingerprint density at radius 2 is 2.03 bits per heavy atom.